The maximum Gasteiger partial charge on any atom is 0.343 e. The average molecular weight is 433 g/mol. The highest BCUT2D eigenvalue weighted by Gasteiger charge is 2.21. The van der Waals surface area contributed by atoms with Crippen LogP contribution in [-0.2, 0) is 23.6 Å². The Balaban J connectivity index is 2.07. The van der Waals surface area contributed by atoms with Gasteiger partial charge in [-0.15, -0.1) is 0 Å². The first-order chi connectivity index (χ1) is 14.1. The molecule has 9 heteroatoms. The largest absolute Gasteiger partial charge is 0.343 e. The summed E-state index contributed by atoms with van der Waals surface area (Å²) in [5.74, 6) is -1.32. The van der Waals surface area contributed by atoms with Gasteiger partial charge >= 0.3 is 5.69 Å². The fourth-order valence-electron chi connectivity index (χ4n) is 2.89. The van der Waals surface area contributed by atoms with Crippen LogP contribution >= 0.6 is 0 Å². The predicted molar refractivity (Wildman–Crippen MR) is 108 cm³/mol. The standard InChI is InChI=1S/C21H21F2N3O3S/c1-14(2)15-8-10-17(11-9-15)30(28,29)26-13-19(23)20(25(3)21(26)27)24-12-16-6-4-5-7-18(16)22/h4-11,13-14H,12H2,1-3H3/b24-20+. The molecule has 1 heterocycles. The highest BCUT2D eigenvalue weighted by Crippen LogP contribution is 2.18. The second-order valence-electron chi connectivity index (χ2n) is 7.07. The molecule has 0 radical (unpaired) electrons. The van der Waals surface area contributed by atoms with E-state index in [1.54, 1.807) is 18.2 Å². The average Bonchev–Trinajstić information content (AvgIpc) is 2.71. The molecule has 0 saturated heterocycles. The fourth-order valence-corrected chi connectivity index (χ4v) is 4.16. The van der Waals surface area contributed by atoms with Crippen LogP contribution in [0.3, 0.4) is 0 Å². The summed E-state index contributed by atoms with van der Waals surface area (Å²) >= 11 is 0. The molecule has 158 valence electrons. The molecule has 0 aliphatic carbocycles. The maximum absolute atomic E-state index is 14.7. The van der Waals surface area contributed by atoms with Crippen molar-refractivity contribution in [3.8, 4) is 0 Å². The Kier molecular flexibility index (Phi) is 6.02. The number of nitrogens with zero attached hydrogens (tertiary/aromatic N) is 3. The zero-order valence-corrected chi connectivity index (χ0v) is 17.5. The first-order valence-electron chi connectivity index (χ1n) is 9.20. The van der Waals surface area contributed by atoms with Gasteiger partial charge in [0, 0.05) is 12.6 Å². The van der Waals surface area contributed by atoms with Crippen LogP contribution in [0.15, 0.2) is 69.4 Å². The molecule has 3 aromatic rings. The van der Waals surface area contributed by atoms with E-state index in [1.807, 2.05) is 13.8 Å². The SMILES string of the molecule is CC(C)c1ccc(S(=O)(=O)n2cc(F)/c(=N\Cc3ccccc3F)n(C)c2=O)cc1. The van der Waals surface area contributed by atoms with Crippen LogP contribution < -0.4 is 11.2 Å². The molecule has 3 rings (SSSR count). The number of hydrogen-bond donors (Lipinski definition) is 0. The van der Waals surface area contributed by atoms with Crippen LogP contribution in [0.5, 0.6) is 0 Å². The van der Waals surface area contributed by atoms with Gasteiger partial charge in [0.2, 0.25) is 0 Å². The molecule has 0 saturated carbocycles. The molecule has 1 aromatic heterocycles. The Hall–Kier alpha value is -3.07. The van der Waals surface area contributed by atoms with E-state index >= 15 is 0 Å². The smallest absolute Gasteiger partial charge is 0.278 e. The lowest BCUT2D eigenvalue weighted by Crippen LogP contribution is -2.42. The zero-order chi connectivity index (χ0) is 22.1. The minimum atomic E-state index is -4.31. The highest BCUT2D eigenvalue weighted by molar-refractivity contribution is 7.90. The summed E-state index contributed by atoms with van der Waals surface area (Å²) in [5, 5.41) is 0. The highest BCUT2D eigenvalue weighted by atomic mass is 32.2. The molecule has 0 fully saturated rings. The molecule has 0 aliphatic heterocycles. The molecule has 6 nitrogen and oxygen atoms in total. The number of benzene rings is 2. The number of halogens is 2. The van der Waals surface area contributed by atoms with Gasteiger partial charge in [0.25, 0.3) is 10.0 Å². The minimum absolute atomic E-state index is 0.135. The Labute approximate surface area is 172 Å². The Morgan fingerprint density at radius 3 is 2.23 bits per heavy atom. The van der Waals surface area contributed by atoms with Crippen molar-refractivity contribution in [3.05, 3.63) is 93.5 Å². The maximum atomic E-state index is 14.7. The summed E-state index contributed by atoms with van der Waals surface area (Å²) in [5.41, 5.74) is -0.208. The fraction of sp³-hybridized carbons (Fsp3) is 0.238. The lowest BCUT2D eigenvalue weighted by Gasteiger charge is -2.12. The molecule has 0 aliphatic rings. The first-order valence-corrected chi connectivity index (χ1v) is 10.6. The summed E-state index contributed by atoms with van der Waals surface area (Å²) in [4.78, 5) is 16.5. The normalized spacial score (nSPS) is 12.5. The van der Waals surface area contributed by atoms with Crippen LogP contribution in [-0.4, -0.2) is 17.0 Å². The molecule has 30 heavy (non-hydrogen) atoms. The minimum Gasteiger partial charge on any atom is -0.278 e. The van der Waals surface area contributed by atoms with Gasteiger partial charge in [-0.3, -0.25) is 9.56 Å². The molecular formula is C21H21F2N3O3S. The van der Waals surface area contributed by atoms with Crippen LogP contribution in [0.2, 0.25) is 0 Å². The van der Waals surface area contributed by atoms with E-state index < -0.39 is 27.3 Å². The molecule has 0 N–H and O–H groups in total. The number of hydrogen-bond acceptors (Lipinski definition) is 4. The summed E-state index contributed by atoms with van der Waals surface area (Å²) < 4.78 is 55.3. The molecular weight excluding hydrogens is 412 g/mol. The lowest BCUT2D eigenvalue weighted by molar-refractivity contribution is 0.533. The van der Waals surface area contributed by atoms with Crippen molar-refractivity contribution in [1.82, 2.24) is 8.54 Å². The van der Waals surface area contributed by atoms with E-state index in [0.29, 0.717) is 10.2 Å². The van der Waals surface area contributed by atoms with Crippen LogP contribution in [0.1, 0.15) is 30.9 Å². The Morgan fingerprint density at radius 2 is 1.63 bits per heavy atom. The van der Waals surface area contributed by atoms with E-state index in [4.69, 9.17) is 0 Å². The van der Waals surface area contributed by atoms with Crippen molar-refractivity contribution in [2.75, 3.05) is 0 Å². The van der Waals surface area contributed by atoms with E-state index in [-0.39, 0.29) is 28.4 Å². The molecule has 0 atom stereocenters. The summed E-state index contributed by atoms with van der Waals surface area (Å²) in [7, 11) is -3.10. The zero-order valence-electron chi connectivity index (χ0n) is 16.7. The van der Waals surface area contributed by atoms with Gasteiger partial charge in [-0.05, 0) is 29.7 Å². The van der Waals surface area contributed by atoms with Gasteiger partial charge in [0.05, 0.1) is 17.6 Å². The van der Waals surface area contributed by atoms with Crippen molar-refractivity contribution in [2.24, 2.45) is 12.0 Å². The van der Waals surface area contributed by atoms with Crippen LogP contribution in [0.4, 0.5) is 8.78 Å². The van der Waals surface area contributed by atoms with Crippen molar-refractivity contribution in [1.29, 1.82) is 0 Å². The number of aromatic nitrogens is 2. The van der Waals surface area contributed by atoms with Crippen molar-refractivity contribution in [3.63, 3.8) is 0 Å². The van der Waals surface area contributed by atoms with Crippen molar-refractivity contribution in [2.45, 2.75) is 31.2 Å². The summed E-state index contributed by atoms with van der Waals surface area (Å²) in [6.07, 6.45) is 0.591. The van der Waals surface area contributed by atoms with Crippen LogP contribution in [0.25, 0.3) is 0 Å². The van der Waals surface area contributed by atoms with E-state index in [2.05, 4.69) is 4.99 Å². The van der Waals surface area contributed by atoms with E-state index in [9.17, 15) is 22.0 Å². The summed E-state index contributed by atoms with van der Waals surface area (Å²) in [6.45, 7) is 3.73. The third-order valence-corrected chi connectivity index (χ3v) is 6.35. The lowest BCUT2D eigenvalue weighted by atomic mass is 10.0. The quantitative estimate of drug-likeness (QED) is 0.621. The molecule has 0 bridgehead atoms. The van der Waals surface area contributed by atoms with Crippen molar-refractivity contribution >= 4 is 10.0 Å². The Morgan fingerprint density at radius 1 is 1.00 bits per heavy atom. The number of rotatable bonds is 5. The third-order valence-electron chi connectivity index (χ3n) is 4.70. The molecule has 2 aromatic carbocycles. The van der Waals surface area contributed by atoms with Gasteiger partial charge in [-0.1, -0.05) is 44.2 Å². The van der Waals surface area contributed by atoms with Gasteiger partial charge in [-0.2, -0.15) is 3.97 Å². The summed E-state index contributed by atoms with van der Waals surface area (Å²) in [6, 6.07) is 11.9. The van der Waals surface area contributed by atoms with E-state index in [1.165, 1.54) is 37.4 Å². The monoisotopic (exact) mass is 433 g/mol. The van der Waals surface area contributed by atoms with Crippen LogP contribution in [0, 0.1) is 11.6 Å². The van der Waals surface area contributed by atoms with Gasteiger partial charge in [0.1, 0.15) is 5.82 Å². The molecule has 0 spiro atoms. The predicted octanol–water partition coefficient (Wildman–Crippen LogP) is 2.93. The van der Waals surface area contributed by atoms with Crippen molar-refractivity contribution < 1.29 is 17.2 Å². The molecule has 0 unspecified atom stereocenters. The molecule has 0 amide bonds. The third kappa shape index (κ3) is 4.11. The van der Waals surface area contributed by atoms with Gasteiger partial charge in [-0.25, -0.2) is 22.0 Å². The second-order valence-corrected chi connectivity index (χ2v) is 8.89. The first kappa shape index (κ1) is 21.6. The van der Waals surface area contributed by atoms with E-state index in [0.717, 1.165) is 10.1 Å². The van der Waals surface area contributed by atoms with Gasteiger partial charge in [0.15, 0.2) is 11.3 Å². The van der Waals surface area contributed by atoms with Gasteiger partial charge < -0.3 is 0 Å². The topological polar surface area (TPSA) is 73.4 Å². The second kappa shape index (κ2) is 8.35. The Bertz CT molecular complexity index is 1310.